The summed E-state index contributed by atoms with van der Waals surface area (Å²) in [5.41, 5.74) is -4.11. The summed E-state index contributed by atoms with van der Waals surface area (Å²) in [6, 6.07) is 0. The molecule has 0 amide bonds. The summed E-state index contributed by atoms with van der Waals surface area (Å²) in [6.45, 7) is 8.25. The molecule has 2 saturated heterocycles. The third-order valence-electron chi connectivity index (χ3n) is 8.56. The monoisotopic (exact) mass is 482 g/mol. The van der Waals surface area contributed by atoms with Crippen LogP contribution in [0, 0.1) is 28.6 Å². The molecule has 4 aliphatic rings. The van der Waals surface area contributed by atoms with Crippen LogP contribution in [0.15, 0.2) is 12.2 Å². The summed E-state index contributed by atoms with van der Waals surface area (Å²) in [6.07, 6.45) is -6.31. The van der Waals surface area contributed by atoms with Crippen molar-refractivity contribution in [3.8, 4) is 0 Å². The van der Waals surface area contributed by atoms with E-state index in [9.17, 15) is 34.5 Å². The van der Waals surface area contributed by atoms with Crippen LogP contribution in [0.4, 0.5) is 0 Å². The first-order valence-corrected chi connectivity index (χ1v) is 11.1. The van der Waals surface area contributed by atoms with E-state index in [2.05, 4.69) is 6.58 Å². The number of esters is 3. The van der Waals surface area contributed by atoms with Crippen LogP contribution in [-0.4, -0.2) is 82.9 Å². The van der Waals surface area contributed by atoms with Crippen LogP contribution < -0.4 is 0 Å². The number of aliphatic carboxylic acids is 1. The molecule has 0 aromatic carbocycles. The first-order chi connectivity index (χ1) is 15.8. The average Bonchev–Trinajstić information content (AvgIpc) is 3.03. The third kappa shape index (κ3) is 2.86. The Balaban J connectivity index is 2.02. The lowest BCUT2D eigenvalue weighted by Gasteiger charge is -2.66. The van der Waals surface area contributed by atoms with Gasteiger partial charge in [-0.1, -0.05) is 19.1 Å². The van der Waals surface area contributed by atoms with E-state index in [4.69, 9.17) is 18.9 Å². The van der Waals surface area contributed by atoms with Crippen molar-refractivity contribution >= 4 is 23.9 Å². The Bertz CT molecular complexity index is 961. The largest absolute Gasteiger partial charge is 0.481 e. The zero-order chi connectivity index (χ0) is 25.4. The number of carboxylic acids is 1. The smallest absolute Gasteiger partial charge is 0.348 e. The van der Waals surface area contributed by atoms with E-state index in [-0.39, 0.29) is 13.0 Å². The van der Waals surface area contributed by atoms with Gasteiger partial charge in [0.15, 0.2) is 0 Å². The lowest BCUT2D eigenvalue weighted by Crippen LogP contribution is -2.79. The van der Waals surface area contributed by atoms with Gasteiger partial charge >= 0.3 is 23.9 Å². The molecule has 2 aliphatic heterocycles. The minimum absolute atomic E-state index is 0.161. The van der Waals surface area contributed by atoms with Gasteiger partial charge in [0, 0.05) is 18.3 Å². The number of carboxylic acid groups (broad SMARTS) is 1. The van der Waals surface area contributed by atoms with E-state index < -0.39 is 88.9 Å². The standard InChI is InChI=1S/C23H30O11/c1-9(2)11-6-12-22-8-32-23(20(30)31-5,17(22)15(19(29)34-12)33-10(3)24)18(28)14(27)16(22)21(11,4)7-13(25)26/h11-12,14-18,27-28H,1,6-8H2,2-5H3,(H,25,26). The molecule has 2 saturated carbocycles. The molecule has 188 valence electrons. The summed E-state index contributed by atoms with van der Waals surface area (Å²) < 4.78 is 21.9. The van der Waals surface area contributed by atoms with Crippen molar-refractivity contribution < 1.29 is 53.4 Å². The molecule has 2 heterocycles. The lowest BCUT2D eigenvalue weighted by molar-refractivity contribution is -0.290. The molecule has 4 rings (SSSR count). The van der Waals surface area contributed by atoms with Crippen molar-refractivity contribution in [2.75, 3.05) is 13.7 Å². The van der Waals surface area contributed by atoms with Gasteiger partial charge in [-0.15, -0.1) is 0 Å². The average molecular weight is 482 g/mol. The summed E-state index contributed by atoms with van der Waals surface area (Å²) in [7, 11) is 1.07. The van der Waals surface area contributed by atoms with Crippen LogP contribution in [0.3, 0.4) is 0 Å². The van der Waals surface area contributed by atoms with Crippen molar-refractivity contribution in [1.82, 2.24) is 0 Å². The highest BCUT2D eigenvalue weighted by Crippen LogP contribution is 2.72. The molecule has 0 aromatic rings. The third-order valence-corrected chi connectivity index (χ3v) is 8.56. The van der Waals surface area contributed by atoms with Gasteiger partial charge in [0.25, 0.3) is 0 Å². The number of hydrogen-bond donors (Lipinski definition) is 3. The van der Waals surface area contributed by atoms with Crippen molar-refractivity contribution in [3.63, 3.8) is 0 Å². The molecule has 0 radical (unpaired) electrons. The molecule has 11 heteroatoms. The number of carbonyl (C=O) groups excluding carboxylic acids is 3. The van der Waals surface area contributed by atoms with Crippen molar-refractivity contribution in [1.29, 1.82) is 0 Å². The number of hydrogen-bond acceptors (Lipinski definition) is 10. The Morgan fingerprint density at radius 3 is 2.38 bits per heavy atom. The second-order valence-electron chi connectivity index (χ2n) is 10.2. The molecule has 2 aliphatic carbocycles. The maximum Gasteiger partial charge on any atom is 0.348 e. The highest BCUT2D eigenvalue weighted by atomic mass is 16.6. The van der Waals surface area contributed by atoms with Gasteiger partial charge in [0.1, 0.15) is 12.2 Å². The molecule has 34 heavy (non-hydrogen) atoms. The highest BCUT2D eigenvalue weighted by molar-refractivity contribution is 5.87. The predicted octanol–water partition coefficient (Wildman–Crippen LogP) is -0.183. The van der Waals surface area contributed by atoms with Gasteiger partial charge in [-0.05, 0) is 24.7 Å². The quantitative estimate of drug-likeness (QED) is 0.270. The number of rotatable bonds is 5. The molecular formula is C23H30O11. The number of aliphatic hydroxyl groups is 2. The van der Waals surface area contributed by atoms with Crippen LogP contribution in [0.2, 0.25) is 0 Å². The molecule has 0 aromatic heterocycles. The number of aliphatic hydroxyl groups excluding tert-OH is 2. The Kier molecular flexibility index (Phi) is 5.62. The van der Waals surface area contributed by atoms with Crippen molar-refractivity contribution in [2.45, 2.75) is 63.6 Å². The Hall–Kier alpha value is -2.50. The highest BCUT2D eigenvalue weighted by Gasteiger charge is 2.84. The van der Waals surface area contributed by atoms with Gasteiger partial charge in [-0.2, -0.15) is 0 Å². The first kappa shape index (κ1) is 24.6. The SMILES string of the molecule is C=C(C)C1CC2OC(=O)C(OC(C)=O)C3C4(C(=O)OC)OCC23C(C(O)C4O)C1(C)CC(=O)O. The molecule has 1 spiro atoms. The van der Waals surface area contributed by atoms with Gasteiger partial charge in [-0.3, -0.25) is 9.59 Å². The minimum Gasteiger partial charge on any atom is -0.481 e. The Labute approximate surface area is 196 Å². The second kappa shape index (κ2) is 7.76. The van der Waals surface area contributed by atoms with Gasteiger partial charge in [0.05, 0.1) is 32.2 Å². The van der Waals surface area contributed by atoms with E-state index in [1.807, 2.05) is 0 Å². The zero-order valence-electron chi connectivity index (χ0n) is 19.5. The van der Waals surface area contributed by atoms with Crippen LogP contribution in [0.25, 0.3) is 0 Å². The van der Waals surface area contributed by atoms with E-state index in [0.717, 1.165) is 14.0 Å². The maximum atomic E-state index is 13.1. The molecule has 10 unspecified atom stereocenters. The molecule has 11 nitrogen and oxygen atoms in total. The number of methoxy groups -OCH3 is 1. The van der Waals surface area contributed by atoms with E-state index >= 15 is 0 Å². The van der Waals surface area contributed by atoms with Gasteiger partial charge in [0.2, 0.25) is 11.7 Å². The number of carbonyl (C=O) groups is 4. The summed E-state index contributed by atoms with van der Waals surface area (Å²) in [5, 5.41) is 32.6. The number of allylic oxidation sites excluding steroid dienone is 1. The lowest BCUT2D eigenvalue weighted by atomic mass is 9.39. The summed E-state index contributed by atoms with van der Waals surface area (Å²) in [4.78, 5) is 50.1. The van der Waals surface area contributed by atoms with E-state index in [0.29, 0.717) is 5.57 Å². The zero-order valence-corrected chi connectivity index (χ0v) is 19.5. The second-order valence-corrected chi connectivity index (χ2v) is 10.2. The normalized spacial score (nSPS) is 46.6. The van der Waals surface area contributed by atoms with E-state index in [1.165, 1.54) is 0 Å². The summed E-state index contributed by atoms with van der Waals surface area (Å²) in [5.74, 6) is -6.69. The molecule has 2 bridgehead atoms. The van der Waals surface area contributed by atoms with Gasteiger partial charge < -0.3 is 34.3 Å². The van der Waals surface area contributed by atoms with Crippen LogP contribution >= 0.6 is 0 Å². The van der Waals surface area contributed by atoms with Crippen LogP contribution in [0.1, 0.15) is 33.6 Å². The molecule has 10 atom stereocenters. The minimum atomic E-state index is -2.22. The van der Waals surface area contributed by atoms with Gasteiger partial charge in [-0.25, -0.2) is 9.59 Å². The van der Waals surface area contributed by atoms with Crippen molar-refractivity contribution in [2.24, 2.45) is 28.6 Å². The maximum absolute atomic E-state index is 13.1. The molecule has 3 N–H and O–H groups in total. The first-order valence-electron chi connectivity index (χ1n) is 11.1. The Morgan fingerprint density at radius 2 is 1.85 bits per heavy atom. The fourth-order valence-electron chi connectivity index (χ4n) is 7.64. The molecule has 4 fully saturated rings. The molecular weight excluding hydrogens is 452 g/mol. The van der Waals surface area contributed by atoms with Crippen LogP contribution in [-0.2, 0) is 38.1 Å². The van der Waals surface area contributed by atoms with Crippen LogP contribution in [0.5, 0.6) is 0 Å². The fraction of sp³-hybridized carbons (Fsp3) is 0.739. The predicted molar refractivity (Wildman–Crippen MR) is 111 cm³/mol. The fourth-order valence-corrected chi connectivity index (χ4v) is 7.64. The van der Waals surface area contributed by atoms with E-state index in [1.54, 1.807) is 13.8 Å². The summed E-state index contributed by atoms with van der Waals surface area (Å²) >= 11 is 0. The number of ether oxygens (including phenoxy) is 4. The Morgan fingerprint density at radius 1 is 1.21 bits per heavy atom. The topological polar surface area (TPSA) is 166 Å². The van der Waals surface area contributed by atoms with Crippen molar-refractivity contribution in [3.05, 3.63) is 12.2 Å².